The number of hydrogen-bond donors (Lipinski definition) is 1. The van der Waals surface area contributed by atoms with Crippen LogP contribution in [0.25, 0.3) is 43.9 Å². The van der Waals surface area contributed by atoms with Crippen molar-refractivity contribution in [1.29, 1.82) is 0 Å². The van der Waals surface area contributed by atoms with Crippen molar-refractivity contribution in [3.63, 3.8) is 0 Å². The van der Waals surface area contributed by atoms with Gasteiger partial charge >= 0.3 is 173 Å². The van der Waals surface area contributed by atoms with E-state index in [1.54, 1.807) is 0 Å². The summed E-state index contributed by atoms with van der Waals surface area (Å²) in [5.74, 6) is 10.7. The molecule has 1 N–H and O–H groups in total. The molecule has 0 fully saturated rings. The van der Waals surface area contributed by atoms with E-state index in [0.717, 1.165) is 44.5 Å². The fraction of sp³-hybridized carbons (Fsp3) is 0.391. The fourth-order valence-electron chi connectivity index (χ4n) is 7.92. The monoisotopic (exact) mass is 937 g/mol. The van der Waals surface area contributed by atoms with E-state index in [9.17, 15) is 9.90 Å². The van der Waals surface area contributed by atoms with Gasteiger partial charge in [0, 0.05) is 38.0 Å². The predicted molar refractivity (Wildman–Crippen MR) is 219 cm³/mol. The Kier molecular flexibility index (Phi) is 13.4. The molecule has 1 aliphatic rings. The zero-order chi connectivity index (χ0) is 37.4. The molecular formula is C46H56GeIrNO3-. The Labute approximate surface area is 328 Å². The minimum Gasteiger partial charge on any atom is 0 e. The van der Waals surface area contributed by atoms with Crippen LogP contribution in [0.5, 0.6) is 11.5 Å². The Morgan fingerprint density at radius 2 is 1.40 bits per heavy atom. The van der Waals surface area contributed by atoms with E-state index < -0.39 is 13.3 Å². The third kappa shape index (κ3) is 8.75. The first kappa shape index (κ1) is 41.5. The number of nitrogens with zero attached hydrogens (tertiary/aromatic N) is 1. The molecule has 1 aromatic heterocycles. The van der Waals surface area contributed by atoms with Crippen LogP contribution < -0.4 is 9.13 Å². The van der Waals surface area contributed by atoms with Crippen LogP contribution in [0.15, 0.2) is 84.8 Å². The summed E-state index contributed by atoms with van der Waals surface area (Å²) >= 11 is -1.83. The summed E-state index contributed by atoms with van der Waals surface area (Å²) in [4.78, 5) is 17.1. The molecule has 0 atom stereocenters. The molecule has 0 spiro atoms. The van der Waals surface area contributed by atoms with Gasteiger partial charge in [0.15, 0.2) is 5.78 Å². The summed E-state index contributed by atoms with van der Waals surface area (Å²) in [6.07, 6.45) is 3.38. The second-order valence-electron chi connectivity index (χ2n) is 16.7. The molecule has 5 aromatic rings. The summed E-state index contributed by atoms with van der Waals surface area (Å²) in [5.41, 5.74) is 5.42. The topological polar surface area (TPSA) is 59.4 Å². The molecular weight excluding hydrogens is 879 g/mol. The molecule has 0 bridgehead atoms. The second-order valence-corrected chi connectivity index (χ2v) is 27.3. The van der Waals surface area contributed by atoms with Crippen molar-refractivity contribution in [3.05, 3.63) is 96.4 Å². The largest absolute Gasteiger partial charge is 0 e. The second kappa shape index (κ2) is 16.8. The van der Waals surface area contributed by atoms with Gasteiger partial charge in [-0.15, -0.1) is 6.07 Å². The van der Waals surface area contributed by atoms with E-state index in [2.05, 4.69) is 152 Å². The predicted octanol–water partition coefficient (Wildman–Crippen LogP) is 12.3. The molecule has 0 unspecified atom stereocenters. The van der Waals surface area contributed by atoms with Crippen molar-refractivity contribution in [1.82, 2.24) is 4.98 Å². The van der Waals surface area contributed by atoms with Crippen molar-refractivity contribution in [2.75, 3.05) is 0 Å². The number of ether oxygens (including phenoxy) is 1. The molecule has 52 heavy (non-hydrogen) atoms. The zero-order valence-corrected chi connectivity index (χ0v) is 37.5. The first-order chi connectivity index (χ1) is 24.0. The molecule has 4 nitrogen and oxygen atoms in total. The van der Waals surface area contributed by atoms with E-state index in [4.69, 9.17) is 9.72 Å². The van der Waals surface area contributed by atoms with E-state index in [1.807, 2.05) is 6.20 Å². The van der Waals surface area contributed by atoms with Crippen LogP contribution in [-0.2, 0) is 24.9 Å². The fourth-order valence-corrected chi connectivity index (χ4v) is 10.4. The van der Waals surface area contributed by atoms with Crippen LogP contribution >= 0.6 is 0 Å². The number of aliphatic hydroxyl groups is 1. The Morgan fingerprint density at radius 3 is 1.98 bits per heavy atom. The van der Waals surface area contributed by atoms with E-state index in [0.29, 0.717) is 23.7 Å². The number of rotatable bonds is 9. The molecule has 0 saturated carbocycles. The smallest absolute Gasteiger partial charge is 0 e. The van der Waals surface area contributed by atoms with Crippen LogP contribution in [0, 0.1) is 48.5 Å². The minimum atomic E-state index is -1.83. The Bertz CT molecular complexity index is 2060. The van der Waals surface area contributed by atoms with Crippen molar-refractivity contribution in [2.24, 2.45) is 35.5 Å². The number of aromatic nitrogens is 1. The van der Waals surface area contributed by atoms with E-state index in [1.165, 1.54) is 27.0 Å². The van der Waals surface area contributed by atoms with E-state index >= 15 is 0 Å². The van der Waals surface area contributed by atoms with Crippen LogP contribution in [-0.4, -0.2) is 29.1 Å². The number of pyridine rings is 1. The standard InChI is InChI=1S/C29H24GeNO.C17H32O2.Ir/c1-18-24-8-6-5-7-20(24)16-25-28-27-21(13-14-31-28)15-22(17-26(27)32-29(18)25)19-9-11-23(12-10-19)30(2,3)4;1-10(2)16(11(3)4)14(18)9-15(19)17(12(5)6)13(7)8;/h5-15,17H,1-4H3;9-13,16-18H,1-8H3;/q-1;;/b;14-9-;. The maximum absolute atomic E-state index is 12.3. The third-order valence-electron chi connectivity index (χ3n) is 10.4. The maximum atomic E-state index is 12.3. The molecule has 277 valence electrons. The quantitative estimate of drug-likeness (QED) is 0.0679. The van der Waals surface area contributed by atoms with Crippen LogP contribution in [0.2, 0.25) is 17.3 Å². The van der Waals surface area contributed by atoms with Gasteiger partial charge in [0.1, 0.15) is 0 Å². The Balaban J connectivity index is 0.000000263. The van der Waals surface area contributed by atoms with Gasteiger partial charge < -0.3 is 5.11 Å². The van der Waals surface area contributed by atoms with Gasteiger partial charge in [0.25, 0.3) is 0 Å². The van der Waals surface area contributed by atoms with Crippen molar-refractivity contribution in [3.8, 4) is 33.9 Å². The maximum Gasteiger partial charge on any atom is 0 e. The van der Waals surface area contributed by atoms with Crippen LogP contribution in [0.3, 0.4) is 0 Å². The molecule has 2 heterocycles. The van der Waals surface area contributed by atoms with Gasteiger partial charge in [-0.1, -0.05) is 67.5 Å². The number of aryl methyl sites for hydroxylation is 1. The molecule has 0 saturated heterocycles. The van der Waals surface area contributed by atoms with Gasteiger partial charge in [-0.05, 0) is 23.7 Å². The third-order valence-corrected chi connectivity index (χ3v) is 14.7. The minimum absolute atomic E-state index is 0. The number of aliphatic hydroxyl groups excluding tert-OH is 1. The molecule has 6 rings (SSSR count). The molecule has 6 heteroatoms. The molecule has 4 aromatic carbocycles. The van der Waals surface area contributed by atoms with Gasteiger partial charge in [-0.2, -0.15) is 0 Å². The number of fused-ring (bicyclic) bond motifs is 3. The Morgan fingerprint density at radius 1 is 0.808 bits per heavy atom. The van der Waals surface area contributed by atoms with Crippen LogP contribution in [0.1, 0.15) is 61.0 Å². The summed E-state index contributed by atoms with van der Waals surface area (Å²) < 4.78 is 8.09. The number of hydrogen-bond acceptors (Lipinski definition) is 4. The summed E-state index contributed by atoms with van der Waals surface area (Å²) in [6.45, 7) is 18.7. The first-order valence-electron chi connectivity index (χ1n) is 18.6. The van der Waals surface area contributed by atoms with Gasteiger partial charge in [0.2, 0.25) is 0 Å². The molecule has 0 aliphatic carbocycles. The number of carbonyl (C=O) groups is 1. The number of benzene rings is 4. The van der Waals surface area contributed by atoms with Crippen LogP contribution in [0.4, 0.5) is 0 Å². The molecule has 0 amide bonds. The summed E-state index contributed by atoms with van der Waals surface area (Å²) in [6, 6.07) is 27.5. The average Bonchev–Trinajstić information content (AvgIpc) is 3.04. The molecule has 1 radical (unpaired) electrons. The van der Waals surface area contributed by atoms with E-state index in [-0.39, 0.29) is 43.5 Å². The number of ketones is 1. The summed E-state index contributed by atoms with van der Waals surface area (Å²) in [5, 5.41) is 14.7. The van der Waals surface area contributed by atoms with Crippen molar-refractivity contribution < 1.29 is 34.7 Å². The zero-order valence-electron chi connectivity index (χ0n) is 33.0. The normalized spacial score (nSPS) is 12.8. The van der Waals surface area contributed by atoms with Crippen molar-refractivity contribution >= 4 is 45.0 Å². The average molecular weight is 936 g/mol. The SMILES string of the molecule is CC(C)C(C(=O)/C=C(\O)C(C(C)C)C(C)C)C(C)C.Cc1c2c([c-]c3ccccc13)-c1nccc3cc(-c4cc[c]([Ge]([CH3])([CH3])[CH3])cc4)cc(c13)O2.[Ir]. The summed E-state index contributed by atoms with van der Waals surface area (Å²) in [7, 11) is 0. The number of carbonyl (C=O) groups excluding carboxylic acids is 1. The molecule has 1 aliphatic heterocycles. The number of allylic oxidation sites excluding steroid dienone is 2. The van der Waals surface area contributed by atoms with Gasteiger partial charge in [-0.3, -0.25) is 4.79 Å². The first-order valence-corrected chi connectivity index (χ1v) is 25.9. The van der Waals surface area contributed by atoms with Crippen molar-refractivity contribution in [2.45, 2.75) is 79.6 Å². The van der Waals surface area contributed by atoms with Gasteiger partial charge in [-0.25, -0.2) is 0 Å². The Hall–Kier alpha value is -3.25. The van der Waals surface area contributed by atoms with Gasteiger partial charge in [0.05, 0.1) is 5.76 Å².